The fourth-order valence-electron chi connectivity index (χ4n) is 3.60. The van der Waals surface area contributed by atoms with Gasteiger partial charge in [0.2, 0.25) is 0 Å². The summed E-state index contributed by atoms with van der Waals surface area (Å²) >= 11 is 0. The number of carbonyl (C=O) groups excluding carboxylic acids is 1. The van der Waals surface area contributed by atoms with Gasteiger partial charge in [0.15, 0.2) is 0 Å². The van der Waals surface area contributed by atoms with Gasteiger partial charge < -0.3 is 14.5 Å². The molecule has 0 bridgehead atoms. The molecule has 1 spiro atoms. The number of aryl methyl sites for hydroxylation is 1. The summed E-state index contributed by atoms with van der Waals surface area (Å²) in [4.78, 5) is 25.1. The Labute approximate surface area is 144 Å². The molecule has 3 heterocycles. The van der Waals surface area contributed by atoms with E-state index in [2.05, 4.69) is 14.9 Å². The van der Waals surface area contributed by atoms with Gasteiger partial charge in [-0.25, -0.2) is 14.8 Å². The number of ether oxygens (including phenoxy) is 1. The molecule has 3 rings (SSSR count). The number of rotatable bonds is 1. The van der Waals surface area contributed by atoms with Gasteiger partial charge in [0, 0.05) is 26.2 Å². The highest BCUT2D eigenvalue weighted by atomic mass is 16.6. The Balaban J connectivity index is 1.56. The standard InChI is InChI=1S/C18H28N4O2/c1-14-19-11-15(12-20-14)22-10-7-18(13-22)5-8-21(9-6-18)16(23)24-17(2,3)4/h11-12H,5-10,13H2,1-4H3. The molecule has 2 aliphatic heterocycles. The molecule has 6 heteroatoms. The predicted octanol–water partition coefficient (Wildman–Crippen LogP) is 3.01. The number of carbonyl (C=O) groups is 1. The van der Waals surface area contributed by atoms with Gasteiger partial charge in [-0.2, -0.15) is 0 Å². The Morgan fingerprint density at radius 1 is 1.12 bits per heavy atom. The van der Waals surface area contributed by atoms with Crippen molar-refractivity contribution < 1.29 is 9.53 Å². The van der Waals surface area contributed by atoms with E-state index in [-0.39, 0.29) is 6.09 Å². The first-order valence-electron chi connectivity index (χ1n) is 8.78. The molecule has 0 saturated carbocycles. The predicted molar refractivity (Wildman–Crippen MR) is 93.1 cm³/mol. The minimum absolute atomic E-state index is 0.181. The molecular weight excluding hydrogens is 304 g/mol. The van der Waals surface area contributed by atoms with Crippen LogP contribution >= 0.6 is 0 Å². The van der Waals surface area contributed by atoms with E-state index in [1.807, 2.05) is 45.0 Å². The van der Waals surface area contributed by atoms with E-state index < -0.39 is 5.60 Å². The summed E-state index contributed by atoms with van der Waals surface area (Å²) in [6.07, 6.45) is 6.89. The van der Waals surface area contributed by atoms with Crippen molar-refractivity contribution in [2.45, 2.75) is 52.6 Å². The van der Waals surface area contributed by atoms with Crippen LogP contribution in [0.15, 0.2) is 12.4 Å². The molecule has 0 aromatic carbocycles. The first-order chi connectivity index (χ1) is 11.3. The molecule has 1 aromatic rings. The zero-order valence-electron chi connectivity index (χ0n) is 15.2. The summed E-state index contributed by atoms with van der Waals surface area (Å²) in [7, 11) is 0. The quantitative estimate of drug-likeness (QED) is 0.791. The van der Waals surface area contributed by atoms with Gasteiger partial charge in [0.1, 0.15) is 11.4 Å². The molecule has 0 aliphatic carbocycles. The summed E-state index contributed by atoms with van der Waals surface area (Å²) in [5.74, 6) is 0.804. The zero-order valence-corrected chi connectivity index (χ0v) is 15.2. The van der Waals surface area contributed by atoms with Crippen LogP contribution in [0.25, 0.3) is 0 Å². The maximum Gasteiger partial charge on any atom is 0.410 e. The smallest absolute Gasteiger partial charge is 0.410 e. The lowest BCUT2D eigenvalue weighted by Crippen LogP contribution is -2.46. The van der Waals surface area contributed by atoms with Crippen LogP contribution in [-0.2, 0) is 4.74 Å². The summed E-state index contributed by atoms with van der Waals surface area (Å²) in [5, 5.41) is 0. The Morgan fingerprint density at radius 2 is 1.71 bits per heavy atom. The van der Waals surface area contributed by atoms with Crippen molar-refractivity contribution in [3.8, 4) is 0 Å². The van der Waals surface area contributed by atoms with E-state index >= 15 is 0 Å². The third-order valence-corrected chi connectivity index (χ3v) is 5.05. The van der Waals surface area contributed by atoms with Crippen LogP contribution in [0.5, 0.6) is 0 Å². The van der Waals surface area contributed by atoms with Crippen LogP contribution in [0.1, 0.15) is 45.9 Å². The first-order valence-corrected chi connectivity index (χ1v) is 8.78. The van der Waals surface area contributed by atoms with E-state index in [1.165, 1.54) is 6.42 Å². The van der Waals surface area contributed by atoms with E-state index in [9.17, 15) is 4.79 Å². The van der Waals surface area contributed by atoms with Crippen LogP contribution in [0.3, 0.4) is 0 Å². The summed E-state index contributed by atoms with van der Waals surface area (Å²) in [6.45, 7) is 11.3. The van der Waals surface area contributed by atoms with Crippen molar-refractivity contribution in [3.63, 3.8) is 0 Å². The molecule has 2 fully saturated rings. The van der Waals surface area contributed by atoms with E-state index in [0.717, 1.165) is 50.5 Å². The first kappa shape index (κ1) is 17.0. The highest BCUT2D eigenvalue weighted by molar-refractivity contribution is 5.68. The lowest BCUT2D eigenvalue weighted by atomic mass is 9.78. The van der Waals surface area contributed by atoms with Gasteiger partial charge in [0.05, 0.1) is 18.1 Å². The number of anilines is 1. The molecule has 2 aliphatic rings. The van der Waals surface area contributed by atoms with E-state index in [4.69, 9.17) is 4.74 Å². The number of piperidine rings is 1. The second kappa shape index (κ2) is 6.22. The fraction of sp³-hybridized carbons (Fsp3) is 0.722. The molecule has 0 atom stereocenters. The lowest BCUT2D eigenvalue weighted by molar-refractivity contribution is 0.0122. The topological polar surface area (TPSA) is 58.6 Å². The SMILES string of the molecule is Cc1ncc(N2CCC3(CCN(C(=O)OC(C)(C)C)CC3)C2)cn1. The highest BCUT2D eigenvalue weighted by Gasteiger charge is 2.42. The van der Waals surface area contributed by atoms with E-state index in [0.29, 0.717) is 5.41 Å². The second-order valence-corrected chi connectivity index (χ2v) is 8.13. The Hall–Kier alpha value is -1.85. The molecular formula is C18H28N4O2. The monoisotopic (exact) mass is 332 g/mol. The van der Waals surface area contributed by atoms with Gasteiger partial charge in [-0.15, -0.1) is 0 Å². The Bertz CT molecular complexity index is 586. The average Bonchev–Trinajstić information content (AvgIpc) is 2.91. The molecule has 6 nitrogen and oxygen atoms in total. The van der Waals surface area contributed by atoms with Crippen molar-refractivity contribution >= 4 is 11.8 Å². The maximum atomic E-state index is 12.2. The number of amides is 1. The molecule has 24 heavy (non-hydrogen) atoms. The number of likely N-dealkylation sites (tertiary alicyclic amines) is 1. The van der Waals surface area contributed by atoms with Gasteiger partial charge in [-0.05, 0) is 52.4 Å². The van der Waals surface area contributed by atoms with Crippen molar-refractivity contribution in [2.75, 3.05) is 31.1 Å². The van der Waals surface area contributed by atoms with Crippen LogP contribution in [0, 0.1) is 12.3 Å². The Kier molecular flexibility index (Phi) is 4.40. The van der Waals surface area contributed by atoms with Gasteiger partial charge >= 0.3 is 6.09 Å². The number of nitrogens with zero attached hydrogens (tertiary/aromatic N) is 4. The van der Waals surface area contributed by atoms with Crippen LogP contribution in [0.4, 0.5) is 10.5 Å². The zero-order chi connectivity index (χ0) is 17.4. The third kappa shape index (κ3) is 3.79. The van der Waals surface area contributed by atoms with Gasteiger partial charge in [-0.1, -0.05) is 0 Å². The fourth-order valence-corrected chi connectivity index (χ4v) is 3.60. The molecule has 0 radical (unpaired) electrons. The molecule has 1 aromatic heterocycles. The maximum absolute atomic E-state index is 12.2. The summed E-state index contributed by atoms with van der Waals surface area (Å²) in [6, 6.07) is 0. The summed E-state index contributed by atoms with van der Waals surface area (Å²) < 4.78 is 5.49. The molecule has 0 N–H and O–H groups in total. The molecule has 2 saturated heterocycles. The number of aromatic nitrogens is 2. The number of hydrogen-bond acceptors (Lipinski definition) is 5. The van der Waals surface area contributed by atoms with Crippen LogP contribution in [-0.4, -0.2) is 52.7 Å². The molecule has 1 amide bonds. The van der Waals surface area contributed by atoms with Gasteiger partial charge in [0.25, 0.3) is 0 Å². The van der Waals surface area contributed by atoms with Crippen molar-refractivity contribution in [2.24, 2.45) is 5.41 Å². The van der Waals surface area contributed by atoms with Gasteiger partial charge in [-0.3, -0.25) is 0 Å². The molecule has 132 valence electrons. The van der Waals surface area contributed by atoms with Crippen LogP contribution in [0.2, 0.25) is 0 Å². The van der Waals surface area contributed by atoms with Crippen molar-refractivity contribution in [3.05, 3.63) is 18.2 Å². The third-order valence-electron chi connectivity index (χ3n) is 5.05. The average molecular weight is 332 g/mol. The Morgan fingerprint density at radius 3 is 2.29 bits per heavy atom. The van der Waals surface area contributed by atoms with Crippen LogP contribution < -0.4 is 4.90 Å². The normalized spacial score (nSPS) is 20.5. The minimum Gasteiger partial charge on any atom is -0.444 e. The highest BCUT2D eigenvalue weighted by Crippen LogP contribution is 2.41. The largest absolute Gasteiger partial charge is 0.444 e. The van der Waals surface area contributed by atoms with Crippen molar-refractivity contribution in [1.29, 1.82) is 0 Å². The van der Waals surface area contributed by atoms with E-state index in [1.54, 1.807) is 0 Å². The lowest BCUT2D eigenvalue weighted by Gasteiger charge is -2.39. The second-order valence-electron chi connectivity index (χ2n) is 8.13. The number of hydrogen-bond donors (Lipinski definition) is 0. The minimum atomic E-state index is -0.429. The summed E-state index contributed by atoms with van der Waals surface area (Å²) in [5.41, 5.74) is 0.984. The molecule has 0 unspecified atom stereocenters. The van der Waals surface area contributed by atoms with Crippen molar-refractivity contribution in [1.82, 2.24) is 14.9 Å².